The summed E-state index contributed by atoms with van der Waals surface area (Å²) in [6, 6.07) is 17.1. The van der Waals surface area contributed by atoms with E-state index in [0.717, 1.165) is 74.5 Å². The molecule has 0 bridgehead atoms. The maximum absolute atomic E-state index is 16.3. The van der Waals surface area contributed by atoms with Crippen molar-refractivity contribution < 1.29 is 14.6 Å². The Bertz CT molecular complexity index is 2940. The van der Waals surface area contributed by atoms with Crippen LogP contribution in [0.2, 0.25) is 0 Å². The van der Waals surface area contributed by atoms with Crippen LogP contribution >= 0.6 is 45.3 Å². The van der Waals surface area contributed by atoms with Crippen LogP contribution in [0.25, 0.3) is 46.3 Å². The number of aliphatic hydroxyl groups excluding tert-OH is 1. The second-order valence-electron chi connectivity index (χ2n) is 22.6. The van der Waals surface area contributed by atoms with Crippen LogP contribution in [0.15, 0.2) is 47.2 Å². The molecule has 1 aromatic carbocycles. The highest BCUT2D eigenvalue weighted by molar-refractivity contribution is 7.35. The minimum Gasteiger partial charge on any atom is -0.479 e. The lowest BCUT2D eigenvalue weighted by Crippen LogP contribution is -2.38. The van der Waals surface area contributed by atoms with E-state index in [1.165, 1.54) is 172 Å². The number of benzene rings is 1. The largest absolute Gasteiger partial charge is 0.479 e. The average molecular weight is 1110 g/mol. The maximum Gasteiger partial charge on any atom is 0.176 e. The normalized spacial score (nSPS) is 14.6. The van der Waals surface area contributed by atoms with Crippen molar-refractivity contribution in [2.24, 2.45) is 0 Å². The minimum absolute atomic E-state index is 0.0367. The second kappa shape index (κ2) is 29.6. The van der Waals surface area contributed by atoms with Crippen molar-refractivity contribution >= 4 is 93.3 Å². The Morgan fingerprint density at radius 3 is 1.69 bits per heavy atom. The number of nitrogens with zero attached hydrogens (tertiary/aromatic N) is 4. The third kappa shape index (κ3) is 14.6. The van der Waals surface area contributed by atoms with Gasteiger partial charge in [0, 0.05) is 49.6 Å². The van der Waals surface area contributed by atoms with Crippen LogP contribution in [0, 0.1) is 40.9 Å². The van der Waals surface area contributed by atoms with Crippen molar-refractivity contribution in [1.82, 2.24) is 0 Å². The molecule has 1 aliphatic heterocycles. The Morgan fingerprint density at radius 2 is 1.18 bits per heavy atom. The SMILES string of the molecule is CCCCCCCCCCCCCCCC1(CCCCCCCCCCCCCCC)C(=O)c2c(sc3cc(C4=C(C#N)C(=C(C#N)C#N)OC4(C)C)sc23)-c2sc3cc(/C=C/c4ccc(N(C)CCO)cc4C)sc3c21. The first kappa shape index (κ1) is 60.1. The number of Topliss-reactive ketones (excluding diaryl/α,β-unsaturated/α-hetero) is 1. The van der Waals surface area contributed by atoms with E-state index < -0.39 is 11.0 Å². The van der Waals surface area contributed by atoms with Crippen LogP contribution < -0.4 is 4.90 Å². The molecule has 7 nitrogen and oxygen atoms in total. The first-order valence-electron chi connectivity index (χ1n) is 29.6. The van der Waals surface area contributed by atoms with Gasteiger partial charge < -0.3 is 14.7 Å². The number of hydrogen-bond acceptors (Lipinski definition) is 11. The van der Waals surface area contributed by atoms with Gasteiger partial charge in [-0.2, -0.15) is 15.8 Å². The van der Waals surface area contributed by atoms with E-state index in [1.54, 1.807) is 22.7 Å². The second-order valence-corrected chi connectivity index (χ2v) is 26.8. The van der Waals surface area contributed by atoms with Crippen LogP contribution in [-0.4, -0.2) is 36.7 Å². The van der Waals surface area contributed by atoms with E-state index in [0.29, 0.717) is 12.1 Å². The predicted octanol–water partition coefficient (Wildman–Crippen LogP) is 20.6. The number of nitriles is 3. The summed E-state index contributed by atoms with van der Waals surface area (Å²) in [5.74, 6) is 0.299. The van der Waals surface area contributed by atoms with Crippen LogP contribution in [0.1, 0.15) is 244 Å². The summed E-state index contributed by atoms with van der Waals surface area (Å²) in [4.78, 5) is 22.7. The van der Waals surface area contributed by atoms with Crippen LogP contribution in [0.3, 0.4) is 0 Å². The van der Waals surface area contributed by atoms with E-state index in [1.807, 2.05) is 55.7 Å². The minimum atomic E-state index is -0.959. The van der Waals surface area contributed by atoms with Crippen LogP contribution in [-0.2, 0) is 10.2 Å². The Hall–Kier alpha value is -4.54. The zero-order valence-electron chi connectivity index (χ0n) is 47.4. The van der Waals surface area contributed by atoms with E-state index in [-0.39, 0.29) is 29.3 Å². The molecular formula is C66H86N4O3S4. The number of carbonyl (C=O) groups is 1. The van der Waals surface area contributed by atoms with Crippen molar-refractivity contribution in [3.8, 4) is 28.0 Å². The number of anilines is 1. The fraction of sp³-hybridized carbons (Fsp3) is 0.576. The number of aliphatic hydroxyl groups is 1. The monoisotopic (exact) mass is 1110 g/mol. The van der Waals surface area contributed by atoms with Gasteiger partial charge >= 0.3 is 0 Å². The summed E-state index contributed by atoms with van der Waals surface area (Å²) in [6.45, 7) is 11.2. The molecule has 5 aromatic rings. The number of carbonyl (C=O) groups excluding carboxylic acids is 1. The summed E-state index contributed by atoms with van der Waals surface area (Å²) < 4.78 is 10.8. The van der Waals surface area contributed by atoms with Gasteiger partial charge in [0.2, 0.25) is 0 Å². The van der Waals surface area contributed by atoms with Gasteiger partial charge in [-0.3, -0.25) is 4.79 Å². The fourth-order valence-electron chi connectivity index (χ4n) is 11.9. The molecule has 0 radical (unpaired) electrons. The van der Waals surface area contributed by atoms with Gasteiger partial charge in [0.05, 0.1) is 36.7 Å². The molecular weight excluding hydrogens is 1030 g/mol. The summed E-state index contributed by atoms with van der Waals surface area (Å²) in [5.41, 5.74) is 4.59. The number of fused-ring (bicyclic) bond motifs is 7. The summed E-state index contributed by atoms with van der Waals surface area (Å²) in [6.07, 6.45) is 39.5. The number of ketones is 1. The van der Waals surface area contributed by atoms with Crippen molar-refractivity contribution in [2.75, 3.05) is 25.1 Å². The molecule has 0 unspecified atom stereocenters. The van der Waals surface area contributed by atoms with Gasteiger partial charge in [-0.15, -0.1) is 45.3 Å². The van der Waals surface area contributed by atoms with Crippen molar-refractivity contribution in [3.63, 3.8) is 0 Å². The van der Waals surface area contributed by atoms with E-state index in [9.17, 15) is 20.9 Å². The highest BCUT2D eigenvalue weighted by atomic mass is 32.1. The van der Waals surface area contributed by atoms with Crippen molar-refractivity contribution in [1.29, 1.82) is 15.8 Å². The topological polar surface area (TPSA) is 121 Å². The van der Waals surface area contributed by atoms with E-state index in [2.05, 4.69) is 74.2 Å². The van der Waals surface area contributed by atoms with Crippen molar-refractivity contribution in [2.45, 2.75) is 225 Å². The molecule has 0 amide bonds. The van der Waals surface area contributed by atoms with Crippen molar-refractivity contribution in [3.05, 3.63) is 79.2 Å². The Balaban J connectivity index is 1.21. The highest BCUT2D eigenvalue weighted by Gasteiger charge is 2.50. The van der Waals surface area contributed by atoms with Crippen LogP contribution in [0.5, 0.6) is 0 Å². The lowest BCUT2D eigenvalue weighted by molar-refractivity contribution is 0.0858. The molecule has 5 heterocycles. The summed E-state index contributed by atoms with van der Waals surface area (Å²) >= 11 is 6.95. The van der Waals surface area contributed by atoms with Gasteiger partial charge in [-0.05, 0) is 75.1 Å². The van der Waals surface area contributed by atoms with Gasteiger partial charge in [-0.25, -0.2) is 0 Å². The fourth-order valence-corrected chi connectivity index (χ4v) is 17.7. The van der Waals surface area contributed by atoms with Gasteiger partial charge in [0.1, 0.15) is 29.4 Å². The average Bonchev–Trinajstić information content (AvgIpc) is 4.24. The van der Waals surface area contributed by atoms with E-state index >= 15 is 4.79 Å². The number of allylic oxidation sites excluding steroid dienone is 2. The lowest BCUT2D eigenvalue weighted by Gasteiger charge is -2.37. The third-order valence-electron chi connectivity index (χ3n) is 16.3. The molecule has 0 spiro atoms. The zero-order valence-corrected chi connectivity index (χ0v) is 50.7. The number of ether oxygens (including phenoxy) is 1. The molecule has 0 saturated heterocycles. The molecule has 4 aromatic heterocycles. The third-order valence-corrected chi connectivity index (χ3v) is 21.3. The maximum atomic E-state index is 16.3. The molecule has 2 aliphatic rings. The first-order chi connectivity index (χ1) is 37.5. The number of hydrogen-bond donors (Lipinski definition) is 1. The summed E-state index contributed by atoms with van der Waals surface area (Å²) in [7, 11) is 2.01. The Kier molecular flexibility index (Phi) is 23.1. The molecule has 412 valence electrons. The molecule has 0 saturated carbocycles. The number of aryl methyl sites for hydroxylation is 1. The Labute approximate surface area is 478 Å². The van der Waals surface area contributed by atoms with Gasteiger partial charge in [-0.1, -0.05) is 193 Å². The number of rotatable bonds is 34. The highest BCUT2D eigenvalue weighted by Crippen LogP contribution is 2.61. The molecule has 0 fully saturated rings. The molecule has 77 heavy (non-hydrogen) atoms. The van der Waals surface area contributed by atoms with E-state index in [4.69, 9.17) is 4.74 Å². The quantitative estimate of drug-likeness (QED) is 0.0322. The standard InChI is InChI=1S/C66H86N4O3S4/c1-7-9-11-13-15-17-19-21-23-25-27-29-31-37-66(38-32-30-28-26-24-22-20-18-16-14-12-10-8-2)58-61-54(42-51(74-61)36-34-48-33-35-50(41-47(48)3)70(6)39-40-71)77-63(58)62-56(64(66)72)60-55(76-62)43-53(75-60)57-52(46-69)59(49(44-67)45-68)73-65(57,4)5/h33-36,41-43,71H,7-32,37-40H2,1-6H3/b36-34+. The molecule has 1 aliphatic carbocycles. The number of unbranched alkanes of at least 4 members (excludes halogenated alkanes) is 24. The predicted molar refractivity (Wildman–Crippen MR) is 331 cm³/mol. The molecule has 0 atom stereocenters. The van der Waals surface area contributed by atoms with Crippen LogP contribution in [0.4, 0.5) is 5.69 Å². The number of likely N-dealkylation sites (N-methyl/N-ethyl adjacent to an activating group) is 1. The smallest absolute Gasteiger partial charge is 0.176 e. The van der Waals surface area contributed by atoms with Gasteiger partial charge in [0.15, 0.2) is 17.1 Å². The molecule has 7 rings (SSSR count). The molecule has 11 heteroatoms. The molecule has 1 N–H and O–H groups in total. The lowest BCUT2D eigenvalue weighted by atomic mass is 9.65. The number of thiophene rings is 4. The zero-order chi connectivity index (χ0) is 54.8. The first-order valence-corrected chi connectivity index (χ1v) is 32.9. The Morgan fingerprint density at radius 1 is 0.662 bits per heavy atom. The summed E-state index contributed by atoms with van der Waals surface area (Å²) in [5, 5.41) is 39.7. The van der Waals surface area contributed by atoms with Gasteiger partial charge in [0.25, 0.3) is 0 Å².